The van der Waals surface area contributed by atoms with Gasteiger partial charge in [0.15, 0.2) is 0 Å². The Hall–Kier alpha value is -1.06. The molecule has 2 nitrogen and oxygen atoms in total. The maximum Gasteiger partial charge on any atom is 0.0898 e. The van der Waals surface area contributed by atoms with E-state index < -0.39 is 0 Å². The first-order valence-electron chi connectivity index (χ1n) is 5.07. The molecule has 0 unspecified atom stereocenters. The van der Waals surface area contributed by atoms with Gasteiger partial charge in [0.2, 0.25) is 0 Å². The Morgan fingerprint density at radius 2 is 2.19 bits per heavy atom. The highest BCUT2D eigenvalue weighted by molar-refractivity contribution is 7.09. The van der Waals surface area contributed by atoms with Crippen molar-refractivity contribution in [2.45, 2.75) is 20.4 Å². The molecule has 1 aromatic heterocycles. The van der Waals surface area contributed by atoms with Crippen LogP contribution in [0.15, 0.2) is 23.6 Å². The number of aromatic nitrogens is 1. The zero-order valence-electron chi connectivity index (χ0n) is 9.25. The Morgan fingerprint density at radius 1 is 1.38 bits per heavy atom. The highest BCUT2D eigenvalue weighted by Crippen LogP contribution is 2.23. The summed E-state index contributed by atoms with van der Waals surface area (Å²) in [6.07, 6.45) is 0. The second kappa shape index (κ2) is 4.85. The lowest BCUT2D eigenvalue weighted by Gasteiger charge is -2.09. The van der Waals surface area contributed by atoms with Crippen molar-refractivity contribution in [3.8, 4) is 0 Å². The Morgan fingerprint density at radius 3 is 2.88 bits per heavy atom. The molecule has 2 aromatic rings. The monoisotopic (exact) mass is 252 g/mol. The topological polar surface area (TPSA) is 24.9 Å². The quantitative estimate of drug-likeness (QED) is 0.892. The average molecular weight is 253 g/mol. The van der Waals surface area contributed by atoms with E-state index in [1.807, 2.05) is 32.0 Å². The molecule has 0 aliphatic carbocycles. The maximum absolute atomic E-state index is 6.05. The minimum Gasteiger partial charge on any atom is -0.379 e. The molecule has 0 saturated carbocycles. The van der Waals surface area contributed by atoms with Gasteiger partial charge < -0.3 is 5.32 Å². The van der Waals surface area contributed by atoms with Crippen molar-refractivity contribution in [3.63, 3.8) is 0 Å². The molecule has 2 rings (SSSR count). The van der Waals surface area contributed by atoms with Gasteiger partial charge in [-0.05, 0) is 31.5 Å². The normalized spacial score (nSPS) is 10.4. The van der Waals surface area contributed by atoms with Gasteiger partial charge in [-0.25, -0.2) is 4.98 Å². The van der Waals surface area contributed by atoms with Crippen LogP contribution < -0.4 is 5.32 Å². The fourth-order valence-corrected chi connectivity index (χ4v) is 2.26. The second-order valence-electron chi connectivity index (χ2n) is 3.62. The minimum absolute atomic E-state index is 0.742. The molecule has 0 amide bonds. The van der Waals surface area contributed by atoms with Gasteiger partial charge >= 0.3 is 0 Å². The number of halogens is 1. The summed E-state index contributed by atoms with van der Waals surface area (Å²) < 4.78 is 0. The summed E-state index contributed by atoms with van der Waals surface area (Å²) in [5.41, 5.74) is 3.22. The average Bonchev–Trinajstić information content (AvgIpc) is 2.67. The SMILES string of the molecule is Cc1nc(CNc2cccc(Cl)c2C)cs1. The first kappa shape index (κ1) is 11.4. The number of rotatable bonds is 3. The van der Waals surface area contributed by atoms with Gasteiger partial charge in [0, 0.05) is 16.1 Å². The number of aryl methyl sites for hydroxylation is 1. The maximum atomic E-state index is 6.05. The van der Waals surface area contributed by atoms with E-state index in [-0.39, 0.29) is 0 Å². The smallest absolute Gasteiger partial charge is 0.0898 e. The molecule has 16 heavy (non-hydrogen) atoms. The van der Waals surface area contributed by atoms with Crippen LogP contribution >= 0.6 is 22.9 Å². The second-order valence-corrected chi connectivity index (χ2v) is 5.09. The van der Waals surface area contributed by atoms with Gasteiger partial charge in [0.05, 0.1) is 17.2 Å². The zero-order chi connectivity index (χ0) is 11.5. The van der Waals surface area contributed by atoms with Crippen LogP contribution in [-0.4, -0.2) is 4.98 Å². The van der Waals surface area contributed by atoms with Crippen molar-refractivity contribution in [1.29, 1.82) is 0 Å². The van der Waals surface area contributed by atoms with Crippen LogP contribution in [0.25, 0.3) is 0 Å². The first-order valence-corrected chi connectivity index (χ1v) is 6.32. The lowest BCUT2D eigenvalue weighted by Crippen LogP contribution is -2.01. The predicted molar refractivity (Wildman–Crippen MR) is 70.4 cm³/mol. The summed E-state index contributed by atoms with van der Waals surface area (Å²) >= 11 is 7.72. The van der Waals surface area contributed by atoms with Crippen molar-refractivity contribution in [2.24, 2.45) is 0 Å². The summed E-state index contributed by atoms with van der Waals surface area (Å²) in [6.45, 7) is 4.77. The van der Waals surface area contributed by atoms with Crippen LogP contribution in [0.4, 0.5) is 5.69 Å². The van der Waals surface area contributed by atoms with E-state index in [9.17, 15) is 0 Å². The molecule has 0 bridgehead atoms. The molecule has 0 fully saturated rings. The molecule has 0 aliphatic heterocycles. The Kier molecular flexibility index (Phi) is 3.46. The van der Waals surface area contributed by atoms with Crippen molar-refractivity contribution in [2.75, 3.05) is 5.32 Å². The molecular formula is C12H13ClN2S. The summed E-state index contributed by atoms with van der Waals surface area (Å²) in [5, 5.41) is 7.30. The van der Waals surface area contributed by atoms with E-state index in [1.54, 1.807) is 11.3 Å². The highest BCUT2D eigenvalue weighted by atomic mass is 35.5. The fraction of sp³-hybridized carbons (Fsp3) is 0.250. The molecule has 1 N–H and O–H groups in total. The third-order valence-electron chi connectivity index (χ3n) is 2.39. The Bertz CT molecular complexity index is 494. The van der Waals surface area contributed by atoms with Gasteiger partial charge in [-0.1, -0.05) is 17.7 Å². The van der Waals surface area contributed by atoms with E-state index >= 15 is 0 Å². The molecule has 1 heterocycles. The van der Waals surface area contributed by atoms with Gasteiger partial charge in [0.1, 0.15) is 0 Å². The molecule has 0 radical (unpaired) electrons. The van der Waals surface area contributed by atoms with E-state index in [0.29, 0.717) is 0 Å². The van der Waals surface area contributed by atoms with Crippen LogP contribution in [0.1, 0.15) is 16.3 Å². The van der Waals surface area contributed by atoms with Crippen molar-refractivity contribution >= 4 is 28.6 Å². The predicted octanol–water partition coefficient (Wildman–Crippen LogP) is 4.03. The first-order chi connectivity index (χ1) is 7.66. The van der Waals surface area contributed by atoms with Crippen LogP contribution in [0.5, 0.6) is 0 Å². The van der Waals surface area contributed by atoms with E-state index in [2.05, 4.69) is 15.7 Å². The number of nitrogens with one attached hydrogen (secondary N) is 1. The number of thiazole rings is 1. The van der Waals surface area contributed by atoms with Crippen molar-refractivity contribution < 1.29 is 0 Å². The molecule has 0 aliphatic rings. The summed E-state index contributed by atoms with van der Waals surface area (Å²) in [6, 6.07) is 5.87. The number of hydrogen-bond acceptors (Lipinski definition) is 3. The molecule has 4 heteroatoms. The van der Waals surface area contributed by atoms with E-state index in [4.69, 9.17) is 11.6 Å². The van der Waals surface area contributed by atoms with Crippen LogP contribution in [0, 0.1) is 13.8 Å². The third-order valence-corrected chi connectivity index (χ3v) is 3.63. The van der Waals surface area contributed by atoms with E-state index in [0.717, 1.165) is 33.5 Å². The molecule has 0 atom stereocenters. The Balaban J connectivity index is 2.07. The van der Waals surface area contributed by atoms with Gasteiger partial charge in [-0.3, -0.25) is 0 Å². The summed E-state index contributed by atoms with van der Waals surface area (Å²) in [5.74, 6) is 0. The largest absolute Gasteiger partial charge is 0.379 e. The van der Waals surface area contributed by atoms with Crippen LogP contribution in [0.3, 0.4) is 0 Å². The standard InChI is InChI=1S/C12H13ClN2S/c1-8-11(13)4-3-5-12(8)14-6-10-7-16-9(2)15-10/h3-5,7,14H,6H2,1-2H3. The Labute approximate surface area is 104 Å². The fourth-order valence-electron chi connectivity index (χ4n) is 1.47. The lowest BCUT2D eigenvalue weighted by molar-refractivity contribution is 1.05. The van der Waals surface area contributed by atoms with Gasteiger partial charge in [-0.2, -0.15) is 0 Å². The van der Waals surface area contributed by atoms with Crippen LogP contribution in [-0.2, 0) is 6.54 Å². The van der Waals surface area contributed by atoms with Crippen molar-refractivity contribution in [1.82, 2.24) is 4.98 Å². The number of hydrogen-bond donors (Lipinski definition) is 1. The van der Waals surface area contributed by atoms with Gasteiger partial charge in [0.25, 0.3) is 0 Å². The van der Waals surface area contributed by atoms with E-state index in [1.165, 1.54) is 0 Å². The van der Waals surface area contributed by atoms with Gasteiger partial charge in [-0.15, -0.1) is 11.3 Å². The molecule has 0 saturated heterocycles. The minimum atomic E-state index is 0.742. The number of anilines is 1. The summed E-state index contributed by atoms with van der Waals surface area (Å²) in [4.78, 5) is 4.40. The van der Waals surface area contributed by atoms with Crippen molar-refractivity contribution in [3.05, 3.63) is 44.9 Å². The zero-order valence-corrected chi connectivity index (χ0v) is 10.8. The summed E-state index contributed by atoms with van der Waals surface area (Å²) in [7, 11) is 0. The molecule has 1 aromatic carbocycles. The third kappa shape index (κ3) is 2.54. The number of benzene rings is 1. The lowest BCUT2D eigenvalue weighted by atomic mass is 10.2. The highest BCUT2D eigenvalue weighted by Gasteiger charge is 2.02. The molecule has 0 spiro atoms. The van der Waals surface area contributed by atoms with Crippen LogP contribution in [0.2, 0.25) is 5.02 Å². The molecule has 84 valence electrons. The molecular weight excluding hydrogens is 240 g/mol. The number of nitrogens with zero attached hydrogens (tertiary/aromatic N) is 1.